The second-order valence-corrected chi connectivity index (χ2v) is 6.61. The molecule has 3 nitrogen and oxygen atoms in total. The van der Waals surface area contributed by atoms with E-state index in [1.807, 2.05) is 0 Å². The summed E-state index contributed by atoms with van der Waals surface area (Å²) >= 11 is 0. The van der Waals surface area contributed by atoms with E-state index in [2.05, 4.69) is 75.3 Å². The van der Waals surface area contributed by atoms with Crippen molar-refractivity contribution in [2.75, 3.05) is 33.9 Å². The Morgan fingerprint density at radius 2 is 1.86 bits per heavy atom. The van der Waals surface area contributed by atoms with Crippen molar-refractivity contribution in [3.8, 4) is 0 Å². The van der Waals surface area contributed by atoms with E-state index in [9.17, 15) is 0 Å². The van der Waals surface area contributed by atoms with Gasteiger partial charge in [0.1, 0.15) is 0 Å². The van der Waals surface area contributed by atoms with Crippen LogP contribution in [0.15, 0.2) is 30.3 Å². The van der Waals surface area contributed by atoms with Gasteiger partial charge in [0, 0.05) is 25.7 Å². The van der Waals surface area contributed by atoms with Crippen molar-refractivity contribution >= 4 is 0 Å². The van der Waals surface area contributed by atoms with Crippen LogP contribution in [0.25, 0.3) is 0 Å². The average Bonchev–Trinajstić information content (AvgIpc) is 2.45. The summed E-state index contributed by atoms with van der Waals surface area (Å²) in [6.07, 6.45) is 0. The van der Waals surface area contributed by atoms with Gasteiger partial charge in [-0.25, -0.2) is 0 Å². The molecule has 0 amide bonds. The molecule has 0 spiro atoms. The summed E-state index contributed by atoms with van der Waals surface area (Å²) in [5.74, 6) is 0. The lowest BCUT2D eigenvalue weighted by Crippen LogP contribution is -2.45. The number of rotatable bonds is 9. The van der Waals surface area contributed by atoms with E-state index in [1.54, 1.807) is 7.11 Å². The van der Waals surface area contributed by atoms with Crippen LogP contribution < -0.4 is 5.32 Å². The third kappa shape index (κ3) is 5.42. The van der Waals surface area contributed by atoms with Crippen molar-refractivity contribution in [3.63, 3.8) is 0 Å². The number of likely N-dealkylation sites (N-methyl/N-ethyl adjacent to an activating group) is 1. The van der Waals surface area contributed by atoms with Gasteiger partial charge in [0.2, 0.25) is 0 Å². The van der Waals surface area contributed by atoms with Gasteiger partial charge in [-0.2, -0.15) is 0 Å². The second kappa shape index (κ2) is 8.52. The van der Waals surface area contributed by atoms with Crippen LogP contribution in [0.4, 0.5) is 0 Å². The van der Waals surface area contributed by atoms with Crippen molar-refractivity contribution in [1.82, 2.24) is 10.2 Å². The Labute approximate surface area is 130 Å². The van der Waals surface area contributed by atoms with Crippen molar-refractivity contribution < 1.29 is 4.74 Å². The highest BCUT2D eigenvalue weighted by atomic mass is 16.5. The molecule has 0 aromatic heterocycles. The molecule has 2 unspecified atom stereocenters. The topological polar surface area (TPSA) is 24.5 Å². The molecule has 0 heterocycles. The molecule has 1 rings (SSSR count). The number of benzene rings is 1. The second-order valence-electron chi connectivity index (χ2n) is 6.61. The number of methoxy groups -OCH3 is 1. The average molecular weight is 292 g/mol. The maximum absolute atomic E-state index is 5.27. The molecule has 0 radical (unpaired) electrons. The fourth-order valence-electron chi connectivity index (χ4n) is 2.95. The van der Waals surface area contributed by atoms with Gasteiger partial charge in [0.05, 0.1) is 6.61 Å². The lowest BCUT2D eigenvalue weighted by Gasteiger charge is -2.40. The zero-order valence-corrected chi connectivity index (χ0v) is 14.5. The minimum atomic E-state index is 0.133. The van der Waals surface area contributed by atoms with Crippen LogP contribution in [0.2, 0.25) is 0 Å². The highest BCUT2D eigenvalue weighted by Crippen LogP contribution is 2.34. The molecule has 1 aromatic carbocycles. The highest BCUT2D eigenvalue weighted by molar-refractivity contribution is 5.21. The van der Waals surface area contributed by atoms with Crippen LogP contribution in [-0.4, -0.2) is 44.8 Å². The predicted molar refractivity (Wildman–Crippen MR) is 90.6 cm³/mol. The van der Waals surface area contributed by atoms with E-state index < -0.39 is 0 Å². The zero-order valence-electron chi connectivity index (χ0n) is 14.5. The van der Waals surface area contributed by atoms with Gasteiger partial charge >= 0.3 is 0 Å². The first-order chi connectivity index (χ1) is 9.92. The van der Waals surface area contributed by atoms with Gasteiger partial charge in [-0.1, -0.05) is 51.1 Å². The summed E-state index contributed by atoms with van der Waals surface area (Å²) in [7, 11) is 3.94. The first-order valence-corrected chi connectivity index (χ1v) is 7.90. The fraction of sp³-hybridized carbons (Fsp3) is 0.667. The minimum Gasteiger partial charge on any atom is -0.383 e. The fourth-order valence-corrected chi connectivity index (χ4v) is 2.95. The smallest absolute Gasteiger partial charge is 0.0615 e. The minimum absolute atomic E-state index is 0.133. The lowest BCUT2D eigenvalue weighted by atomic mass is 9.79. The molecule has 2 atom stereocenters. The van der Waals surface area contributed by atoms with E-state index in [0.29, 0.717) is 12.1 Å². The Morgan fingerprint density at radius 1 is 1.24 bits per heavy atom. The quantitative estimate of drug-likeness (QED) is 0.755. The van der Waals surface area contributed by atoms with Gasteiger partial charge in [-0.15, -0.1) is 0 Å². The first-order valence-electron chi connectivity index (χ1n) is 7.90. The molecule has 0 aliphatic heterocycles. The zero-order chi connectivity index (χ0) is 15.9. The molecule has 0 saturated heterocycles. The van der Waals surface area contributed by atoms with Crippen molar-refractivity contribution in [1.29, 1.82) is 0 Å². The van der Waals surface area contributed by atoms with E-state index in [1.165, 1.54) is 5.56 Å². The van der Waals surface area contributed by atoms with E-state index in [0.717, 1.165) is 19.7 Å². The Hall–Kier alpha value is -0.900. The Kier molecular flexibility index (Phi) is 7.36. The summed E-state index contributed by atoms with van der Waals surface area (Å²) < 4.78 is 5.27. The Bertz CT molecular complexity index is 391. The van der Waals surface area contributed by atoms with Gasteiger partial charge in [-0.05, 0) is 31.5 Å². The molecule has 0 saturated carbocycles. The lowest BCUT2D eigenvalue weighted by molar-refractivity contribution is 0.0771. The largest absolute Gasteiger partial charge is 0.383 e. The van der Waals surface area contributed by atoms with Crippen molar-refractivity contribution in [2.24, 2.45) is 5.41 Å². The number of ether oxygens (including phenoxy) is 1. The van der Waals surface area contributed by atoms with Crippen LogP contribution in [0.5, 0.6) is 0 Å². The molecule has 3 heteroatoms. The highest BCUT2D eigenvalue weighted by Gasteiger charge is 2.32. The molecule has 0 aliphatic rings. The van der Waals surface area contributed by atoms with Crippen LogP contribution >= 0.6 is 0 Å². The van der Waals surface area contributed by atoms with Crippen LogP contribution in [-0.2, 0) is 4.74 Å². The Morgan fingerprint density at radius 3 is 2.38 bits per heavy atom. The molecular weight excluding hydrogens is 260 g/mol. The summed E-state index contributed by atoms with van der Waals surface area (Å²) in [6, 6.07) is 11.5. The number of nitrogens with one attached hydrogen (secondary N) is 1. The van der Waals surface area contributed by atoms with Gasteiger partial charge < -0.3 is 15.0 Å². The summed E-state index contributed by atoms with van der Waals surface area (Å²) in [6.45, 7) is 11.8. The van der Waals surface area contributed by atoms with Gasteiger partial charge in [0.25, 0.3) is 0 Å². The first kappa shape index (κ1) is 18.1. The van der Waals surface area contributed by atoms with E-state index in [4.69, 9.17) is 4.74 Å². The SMILES string of the molecule is CCNC(c1ccccc1)C(C)(C)CN(C)C(C)COC. The van der Waals surface area contributed by atoms with Crippen LogP contribution in [0, 0.1) is 5.41 Å². The van der Waals surface area contributed by atoms with Gasteiger partial charge in [0.15, 0.2) is 0 Å². The molecule has 1 N–H and O–H groups in total. The number of nitrogens with zero attached hydrogens (tertiary/aromatic N) is 1. The Balaban J connectivity index is 2.85. The molecular formula is C18H32N2O. The summed E-state index contributed by atoms with van der Waals surface area (Å²) in [5.41, 5.74) is 1.49. The molecule has 1 aromatic rings. The third-order valence-corrected chi connectivity index (χ3v) is 4.14. The molecule has 0 aliphatic carbocycles. The molecule has 21 heavy (non-hydrogen) atoms. The third-order valence-electron chi connectivity index (χ3n) is 4.14. The van der Waals surface area contributed by atoms with Crippen molar-refractivity contribution in [2.45, 2.75) is 39.8 Å². The van der Waals surface area contributed by atoms with E-state index in [-0.39, 0.29) is 5.41 Å². The predicted octanol–water partition coefficient (Wildman–Crippen LogP) is 3.33. The van der Waals surface area contributed by atoms with Crippen LogP contribution in [0.1, 0.15) is 39.3 Å². The summed E-state index contributed by atoms with van der Waals surface area (Å²) in [5, 5.41) is 3.66. The summed E-state index contributed by atoms with van der Waals surface area (Å²) in [4.78, 5) is 2.39. The van der Waals surface area contributed by atoms with Gasteiger partial charge in [-0.3, -0.25) is 0 Å². The standard InChI is InChI=1S/C18H32N2O/c1-7-19-17(16-11-9-8-10-12-16)18(3,4)14-20(5)15(2)13-21-6/h8-12,15,17,19H,7,13-14H2,1-6H3. The maximum Gasteiger partial charge on any atom is 0.0615 e. The van der Waals surface area contributed by atoms with Crippen molar-refractivity contribution in [3.05, 3.63) is 35.9 Å². The van der Waals surface area contributed by atoms with Crippen LogP contribution in [0.3, 0.4) is 0 Å². The maximum atomic E-state index is 5.27. The normalized spacial score (nSPS) is 15.2. The number of hydrogen-bond acceptors (Lipinski definition) is 3. The van der Waals surface area contributed by atoms with E-state index >= 15 is 0 Å². The number of hydrogen-bond donors (Lipinski definition) is 1. The molecule has 0 bridgehead atoms. The monoisotopic (exact) mass is 292 g/mol. The molecule has 0 fully saturated rings. The molecule has 120 valence electrons.